The van der Waals surface area contributed by atoms with E-state index in [1.165, 1.54) is 7.11 Å². The Morgan fingerprint density at radius 1 is 0.941 bits per heavy atom. The van der Waals surface area contributed by atoms with E-state index in [9.17, 15) is 18.4 Å². The van der Waals surface area contributed by atoms with E-state index in [2.05, 4.69) is 10.9 Å². The highest BCUT2D eigenvalue weighted by atomic mass is 19.2. The second-order valence-corrected chi connectivity index (χ2v) is 7.60. The topological polar surface area (TPSA) is 76.7 Å². The quantitative estimate of drug-likeness (QED) is 0.480. The molecule has 0 aliphatic rings. The van der Waals surface area contributed by atoms with Crippen LogP contribution in [-0.2, 0) is 24.2 Å². The van der Waals surface area contributed by atoms with E-state index in [4.69, 9.17) is 9.47 Å². The Bertz CT molecular complexity index is 1180. The number of hydrazine groups is 1. The molecule has 34 heavy (non-hydrogen) atoms. The summed E-state index contributed by atoms with van der Waals surface area (Å²) < 4.78 is 37.8. The van der Waals surface area contributed by atoms with E-state index in [-0.39, 0.29) is 17.7 Å². The predicted molar refractivity (Wildman–Crippen MR) is 124 cm³/mol. The van der Waals surface area contributed by atoms with Crippen LogP contribution in [0.1, 0.15) is 39.5 Å². The van der Waals surface area contributed by atoms with E-state index >= 15 is 0 Å². The van der Waals surface area contributed by atoms with Crippen LogP contribution in [-0.4, -0.2) is 18.9 Å². The van der Waals surface area contributed by atoms with Crippen LogP contribution in [0.4, 0.5) is 8.78 Å². The lowest BCUT2D eigenvalue weighted by molar-refractivity contribution is -0.121. The van der Waals surface area contributed by atoms with Gasteiger partial charge in [-0.15, -0.1) is 0 Å². The van der Waals surface area contributed by atoms with Crippen LogP contribution in [0.3, 0.4) is 0 Å². The number of rotatable bonds is 8. The summed E-state index contributed by atoms with van der Waals surface area (Å²) in [5.74, 6) is -2.57. The molecule has 0 atom stereocenters. The molecule has 0 saturated heterocycles. The van der Waals surface area contributed by atoms with E-state index in [0.717, 1.165) is 28.8 Å². The lowest BCUT2D eigenvalue weighted by Crippen LogP contribution is -2.42. The molecule has 0 unspecified atom stereocenters. The minimum absolute atomic E-state index is 0.0374. The smallest absolute Gasteiger partial charge is 0.269 e. The highest BCUT2D eigenvalue weighted by Crippen LogP contribution is 2.26. The average molecular weight is 469 g/mol. The number of ether oxygens (including phenoxy) is 2. The molecule has 2 N–H and O–H groups in total. The number of carbonyl (C=O) groups excluding carboxylic acids is 2. The van der Waals surface area contributed by atoms with Crippen molar-refractivity contribution in [1.29, 1.82) is 0 Å². The largest absolute Gasteiger partial charge is 0.496 e. The van der Waals surface area contributed by atoms with Gasteiger partial charge in [-0.3, -0.25) is 20.4 Å². The molecule has 0 spiro atoms. The number of amides is 2. The maximum absolute atomic E-state index is 13.5. The number of halogens is 2. The van der Waals surface area contributed by atoms with Gasteiger partial charge in [0.15, 0.2) is 11.6 Å². The Labute approximate surface area is 196 Å². The minimum Gasteiger partial charge on any atom is -0.496 e. The summed E-state index contributed by atoms with van der Waals surface area (Å²) in [7, 11) is 1.29. The monoisotopic (exact) mass is 468 g/mol. The van der Waals surface area contributed by atoms with Gasteiger partial charge in [-0.05, 0) is 48.2 Å². The van der Waals surface area contributed by atoms with Gasteiger partial charge in [0.1, 0.15) is 18.1 Å². The number of carbonyl (C=O) groups is 2. The maximum Gasteiger partial charge on any atom is 0.269 e. The van der Waals surface area contributed by atoms with Crippen LogP contribution < -0.4 is 20.3 Å². The molecule has 0 aliphatic carbocycles. The molecule has 0 bridgehead atoms. The molecule has 8 heteroatoms. The van der Waals surface area contributed by atoms with Gasteiger partial charge in [0.2, 0.25) is 5.91 Å². The Hall–Kier alpha value is -3.94. The third kappa shape index (κ3) is 5.89. The molecule has 0 heterocycles. The molecule has 0 aliphatic heterocycles. The van der Waals surface area contributed by atoms with Gasteiger partial charge in [-0.25, -0.2) is 8.78 Å². The molecule has 3 rings (SSSR count). The molecule has 2 amide bonds. The first kappa shape index (κ1) is 24.7. The third-order valence-corrected chi connectivity index (χ3v) is 5.37. The summed E-state index contributed by atoms with van der Waals surface area (Å²) in [6, 6.07) is 14.9. The molecular formula is C26H26F2N2O4. The lowest BCUT2D eigenvalue weighted by atomic mass is 9.98. The molecular weight excluding hydrogens is 442 g/mol. The summed E-state index contributed by atoms with van der Waals surface area (Å²) in [6.45, 7) is 4.21. The van der Waals surface area contributed by atoms with Crippen molar-refractivity contribution in [2.45, 2.75) is 33.3 Å². The Morgan fingerprint density at radius 3 is 2.32 bits per heavy atom. The van der Waals surface area contributed by atoms with Crippen LogP contribution in [0.2, 0.25) is 0 Å². The van der Waals surface area contributed by atoms with Crippen LogP contribution in [0, 0.1) is 18.6 Å². The molecule has 0 fully saturated rings. The van der Waals surface area contributed by atoms with Gasteiger partial charge in [-0.1, -0.05) is 37.3 Å². The summed E-state index contributed by atoms with van der Waals surface area (Å²) >= 11 is 0. The van der Waals surface area contributed by atoms with E-state index in [1.807, 2.05) is 44.2 Å². The van der Waals surface area contributed by atoms with E-state index in [0.29, 0.717) is 24.3 Å². The average Bonchev–Trinajstić information content (AvgIpc) is 2.84. The van der Waals surface area contributed by atoms with Crippen molar-refractivity contribution < 1.29 is 27.8 Å². The fourth-order valence-electron chi connectivity index (χ4n) is 3.60. The van der Waals surface area contributed by atoms with E-state index in [1.54, 1.807) is 12.1 Å². The minimum atomic E-state index is -1.09. The van der Waals surface area contributed by atoms with Crippen molar-refractivity contribution in [2.75, 3.05) is 7.11 Å². The SMILES string of the molecule is CCc1c(C(=O)NNC(=O)Cc2cc(F)c(F)cc2OC)ccc(OCc2ccccc2)c1C. The summed E-state index contributed by atoms with van der Waals surface area (Å²) in [5, 5.41) is 0. The molecule has 6 nitrogen and oxygen atoms in total. The molecule has 0 saturated carbocycles. The first-order chi connectivity index (χ1) is 16.3. The fraction of sp³-hybridized carbons (Fsp3) is 0.231. The molecule has 178 valence electrons. The standard InChI is InChI=1S/C26H26F2N2O4/c1-4-19-16(2)23(34-15-17-8-6-5-7-9-17)11-10-20(19)26(32)30-29-25(31)13-18-12-21(27)22(28)14-24(18)33-3/h5-12,14H,4,13,15H2,1-3H3,(H,29,31)(H,30,32). The van der Waals surface area contributed by atoms with Crippen molar-refractivity contribution in [3.05, 3.63) is 94.0 Å². The zero-order chi connectivity index (χ0) is 24.7. The van der Waals surface area contributed by atoms with Crippen molar-refractivity contribution in [2.24, 2.45) is 0 Å². The van der Waals surface area contributed by atoms with Gasteiger partial charge in [-0.2, -0.15) is 0 Å². The Kier molecular flexibility index (Phi) is 8.19. The molecule has 0 radical (unpaired) electrons. The number of hydrogen-bond acceptors (Lipinski definition) is 4. The van der Waals surface area contributed by atoms with Crippen LogP contribution >= 0.6 is 0 Å². The van der Waals surface area contributed by atoms with Gasteiger partial charge in [0, 0.05) is 17.2 Å². The van der Waals surface area contributed by atoms with Crippen LogP contribution in [0.25, 0.3) is 0 Å². The number of nitrogens with one attached hydrogen (secondary N) is 2. The van der Waals surface area contributed by atoms with Crippen molar-refractivity contribution >= 4 is 11.8 Å². The maximum atomic E-state index is 13.5. The third-order valence-electron chi connectivity index (χ3n) is 5.37. The van der Waals surface area contributed by atoms with Gasteiger partial charge in [0.25, 0.3) is 5.91 Å². The summed E-state index contributed by atoms with van der Waals surface area (Å²) in [4.78, 5) is 25.0. The van der Waals surface area contributed by atoms with Crippen molar-refractivity contribution in [3.8, 4) is 11.5 Å². The fourth-order valence-corrected chi connectivity index (χ4v) is 3.60. The second kappa shape index (κ2) is 11.3. The van der Waals surface area contributed by atoms with Crippen molar-refractivity contribution in [1.82, 2.24) is 10.9 Å². The highest BCUT2D eigenvalue weighted by molar-refractivity contribution is 5.97. The van der Waals surface area contributed by atoms with Crippen molar-refractivity contribution in [3.63, 3.8) is 0 Å². The second-order valence-electron chi connectivity index (χ2n) is 7.60. The summed E-state index contributed by atoms with van der Waals surface area (Å²) in [5.41, 5.74) is 7.89. The molecule has 0 aromatic heterocycles. The number of methoxy groups -OCH3 is 1. The van der Waals surface area contributed by atoms with Crippen LogP contribution in [0.5, 0.6) is 11.5 Å². The first-order valence-electron chi connectivity index (χ1n) is 10.7. The van der Waals surface area contributed by atoms with Gasteiger partial charge in [0.05, 0.1) is 13.5 Å². The Morgan fingerprint density at radius 2 is 1.65 bits per heavy atom. The first-order valence-corrected chi connectivity index (χ1v) is 10.7. The predicted octanol–water partition coefficient (Wildman–Crippen LogP) is 4.43. The molecule has 3 aromatic rings. The number of hydrogen-bond donors (Lipinski definition) is 2. The van der Waals surface area contributed by atoms with Crippen LogP contribution in [0.15, 0.2) is 54.6 Å². The molecule has 3 aromatic carbocycles. The van der Waals surface area contributed by atoms with Gasteiger partial charge < -0.3 is 9.47 Å². The zero-order valence-corrected chi connectivity index (χ0v) is 19.2. The zero-order valence-electron chi connectivity index (χ0n) is 19.2. The Balaban J connectivity index is 1.65. The lowest BCUT2D eigenvalue weighted by Gasteiger charge is -2.16. The summed E-state index contributed by atoms with van der Waals surface area (Å²) in [6.07, 6.45) is 0.268. The highest BCUT2D eigenvalue weighted by Gasteiger charge is 2.18. The normalized spacial score (nSPS) is 10.5. The number of benzene rings is 3. The van der Waals surface area contributed by atoms with E-state index < -0.39 is 23.4 Å². The van der Waals surface area contributed by atoms with Gasteiger partial charge >= 0.3 is 0 Å².